The first kappa shape index (κ1) is 17.1. The molecule has 120 valence electrons. The topological polar surface area (TPSA) is 48.7 Å². The fourth-order valence-corrected chi connectivity index (χ4v) is 3.62. The maximum Gasteiger partial charge on any atom is 0.317 e. The molecule has 0 bridgehead atoms. The summed E-state index contributed by atoms with van der Waals surface area (Å²) in [6, 6.07) is 7.71. The SMILES string of the molecule is CN(Cc1ccc(Br)s1)C(=O)NCC(c1ccco1)N(C)C. The monoisotopic (exact) mass is 385 g/mol. The zero-order valence-electron chi connectivity index (χ0n) is 12.9. The van der Waals surface area contributed by atoms with Gasteiger partial charge in [-0.15, -0.1) is 11.3 Å². The number of hydrogen-bond donors (Lipinski definition) is 1. The van der Waals surface area contributed by atoms with Crippen LogP contribution in [0, 0.1) is 0 Å². The molecule has 1 atom stereocenters. The van der Waals surface area contributed by atoms with Gasteiger partial charge in [0, 0.05) is 18.5 Å². The lowest BCUT2D eigenvalue weighted by Gasteiger charge is -2.24. The standard InChI is InChI=1S/C15H20BrN3O2S/c1-18(2)12(13-5-4-8-21-13)9-17-15(20)19(3)10-11-6-7-14(16)22-11/h4-8,12H,9-10H2,1-3H3,(H,17,20). The van der Waals surface area contributed by atoms with Gasteiger partial charge in [-0.25, -0.2) is 4.79 Å². The Labute approximate surface area is 143 Å². The highest BCUT2D eigenvalue weighted by Crippen LogP contribution is 2.23. The molecule has 0 aliphatic heterocycles. The molecule has 22 heavy (non-hydrogen) atoms. The smallest absolute Gasteiger partial charge is 0.317 e. The van der Waals surface area contributed by atoms with Gasteiger partial charge in [-0.2, -0.15) is 0 Å². The highest BCUT2D eigenvalue weighted by Gasteiger charge is 2.19. The summed E-state index contributed by atoms with van der Waals surface area (Å²) in [7, 11) is 5.72. The summed E-state index contributed by atoms with van der Waals surface area (Å²) in [6.07, 6.45) is 1.65. The van der Waals surface area contributed by atoms with Gasteiger partial charge in [0.25, 0.3) is 0 Å². The molecule has 2 heterocycles. The van der Waals surface area contributed by atoms with E-state index in [-0.39, 0.29) is 12.1 Å². The third-order valence-electron chi connectivity index (χ3n) is 3.31. The number of nitrogens with one attached hydrogen (secondary N) is 1. The number of furan rings is 1. The molecule has 0 aromatic carbocycles. The Morgan fingerprint density at radius 3 is 2.68 bits per heavy atom. The van der Waals surface area contributed by atoms with Gasteiger partial charge in [-0.3, -0.25) is 4.90 Å². The molecule has 0 spiro atoms. The molecule has 0 aliphatic carbocycles. The molecule has 0 aliphatic rings. The average molecular weight is 386 g/mol. The highest BCUT2D eigenvalue weighted by molar-refractivity contribution is 9.11. The van der Waals surface area contributed by atoms with Crippen LogP contribution in [0.2, 0.25) is 0 Å². The van der Waals surface area contributed by atoms with Crippen molar-refractivity contribution in [3.63, 3.8) is 0 Å². The van der Waals surface area contributed by atoms with Crippen molar-refractivity contribution in [2.75, 3.05) is 27.7 Å². The van der Waals surface area contributed by atoms with Gasteiger partial charge < -0.3 is 14.6 Å². The number of thiophene rings is 1. The number of nitrogens with zero attached hydrogens (tertiary/aromatic N) is 2. The Bertz CT molecular complexity index is 598. The van der Waals surface area contributed by atoms with Crippen molar-refractivity contribution in [3.8, 4) is 0 Å². The van der Waals surface area contributed by atoms with Gasteiger partial charge in [-0.05, 0) is 54.3 Å². The van der Waals surface area contributed by atoms with Crippen LogP contribution in [0.4, 0.5) is 4.79 Å². The number of halogens is 1. The van der Waals surface area contributed by atoms with E-state index in [1.807, 2.05) is 43.3 Å². The normalized spacial score (nSPS) is 12.4. The maximum absolute atomic E-state index is 12.2. The Kier molecular flexibility index (Phi) is 6.05. The van der Waals surface area contributed by atoms with Crippen molar-refractivity contribution in [1.29, 1.82) is 0 Å². The Morgan fingerprint density at radius 1 is 1.36 bits per heavy atom. The van der Waals surface area contributed by atoms with Crippen molar-refractivity contribution in [2.45, 2.75) is 12.6 Å². The van der Waals surface area contributed by atoms with Gasteiger partial charge >= 0.3 is 6.03 Å². The molecule has 1 N–H and O–H groups in total. The van der Waals surface area contributed by atoms with Crippen LogP contribution in [-0.4, -0.2) is 43.5 Å². The second-order valence-electron chi connectivity index (χ2n) is 5.24. The van der Waals surface area contributed by atoms with Crippen molar-refractivity contribution < 1.29 is 9.21 Å². The van der Waals surface area contributed by atoms with Crippen LogP contribution in [0.5, 0.6) is 0 Å². The molecular formula is C15H20BrN3O2S. The van der Waals surface area contributed by atoms with Crippen LogP contribution >= 0.6 is 27.3 Å². The van der Waals surface area contributed by atoms with Crippen LogP contribution < -0.4 is 5.32 Å². The highest BCUT2D eigenvalue weighted by atomic mass is 79.9. The van der Waals surface area contributed by atoms with Crippen LogP contribution in [0.15, 0.2) is 38.7 Å². The summed E-state index contributed by atoms with van der Waals surface area (Å²) in [6.45, 7) is 1.09. The Morgan fingerprint density at radius 2 is 2.14 bits per heavy atom. The first-order valence-corrected chi connectivity index (χ1v) is 8.51. The van der Waals surface area contributed by atoms with Crippen molar-refractivity contribution >= 4 is 33.3 Å². The number of amides is 2. The van der Waals surface area contributed by atoms with Gasteiger partial charge in [0.15, 0.2) is 0 Å². The quantitative estimate of drug-likeness (QED) is 0.826. The lowest BCUT2D eigenvalue weighted by Crippen LogP contribution is -2.41. The zero-order valence-corrected chi connectivity index (χ0v) is 15.3. The van der Waals surface area contributed by atoms with Crippen LogP contribution in [-0.2, 0) is 6.54 Å². The summed E-state index contributed by atoms with van der Waals surface area (Å²) in [5, 5.41) is 2.96. The van der Waals surface area contributed by atoms with E-state index in [9.17, 15) is 4.79 Å². The third-order valence-corrected chi connectivity index (χ3v) is 4.92. The number of carbonyl (C=O) groups is 1. The first-order chi connectivity index (χ1) is 10.5. The molecule has 2 aromatic heterocycles. The third kappa shape index (κ3) is 4.59. The predicted molar refractivity (Wildman–Crippen MR) is 92.0 cm³/mol. The number of urea groups is 1. The molecule has 2 amide bonds. The second kappa shape index (κ2) is 7.80. The molecule has 0 saturated carbocycles. The minimum atomic E-state index is -0.0945. The van der Waals surface area contributed by atoms with Crippen molar-refractivity contribution in [3.05, 3.63) is 45.0 Å². The minimum Gasteiger partial charge on any atom is -0.468 e. The van der Waals surface area contributed by atoms with E-state index in [1.165, 1.54) is 0 Å². The fraction of sp³-hybridized carbons (Fsp3) is 0.400. The number of rotatable bonds is 6. The number of likely N-dealkylation sites (N-methyl/N-ethyl adjacent to an activating group) is 1. The second-order valence-corrected chi connectivity index (χ2v) is 7.79. The van der Waals surface area contributed by atoms with Gasteiger partial charge in [0.2, 0.25) is 0 Å². The largest absolute Gasteiger partial charge is 0.468 e. The summed E-state index contributed by atoms with van der Waals surface area (Å²) in [5.74, 6) is 0.843. The van der Waals surface area contributed by atoms with E-state index < -0.39 is 0 Å². The number of hydrogen-bond acceptors (Lipinski definition) is 4. The van der Waals surface area contributed by atoms with E-state index in [0.29, 0.717) is 13.1 Å². The van der Waals surface area contributed by atoms with E-state index in [1.54, 1.807) is 29.5 Å². The molecule has 2 rings (SSSR count). The fourth-order valence-electron chi connectivity index (χ4n) is 2.08. The minimum absolute atomic E-state index is 0.0169. The molecular weight excluding hydrogens is 366 g/mol. The lowest BCUT2D eigenvalue weighted by atomic mass is 10.2. The molecule has 0 radical (unpaired) electrons. The van der Waals surface area contributed by atoms with Crippen molar-refractivity contribution in [2.24, 2.45) is 0 Å². The van der Waals surface area contributed by atoms with E-state index in [2.05, 4.69) is 21.2 Å². The Balaban J connectivity index is 1.88. The van der Waals surface area contributed by atoms with E-state index in [0.717, 1.165) is 14.4 Å². The predicted octanol–water partition coefficient (Wildman–Crippen LogP) is 3.55. The van der Waals surface area contributed by atoms with Crippen LogP contribution in [0.25, 0.3) is 0 Å². The molecule has 0 saturated heterocycles. The summed E-state index contributed by atoms with van der Waals surface area (Å²) in [4.78, 5) is 17.0. The maximum atomic E-state index is 12.2. The Hall–Kier alpha value is -1.31. The average Bonchev–Trinajstić information content (AvgIpc) is 3.10. The summed E-state index contributed by atoms with van der Waals surface area (Å²) >= 11 is 5.06. The lowest BCUT2D eigenvalue weighted by molar-refractivity contribution is 0.197. The molecule has 2 aromatic rings. The molecule has 0 fully saturated rings. The van der Waals surface area contributed by atoms with E-state index >= 15 is 0 Å². The first-order valence-electron chi connectivity index (χ1n) is 6.90. The van der Waals surface area contributed by atoms with Gasteiger partial charge in [0.05, 0.1) is 22.6 Å². The summed E-state index contributed by atoms with van der Waals surface area (Å²) in [5.41, 5.74) is 0. The van der Waals surface area contributed by atoms with Crippen LogP contribution in [0.3, 0.4) is 0 Å². The number of carbonyl (C=O) groups excluding carboxylic acids is 1. The zero-order chi connectivity index (χ0) is 16.1. The van der Waals surface area contributed by atoms with Gasteiger partial charge in [-0.1, -0.05) is 0 Å². The molecule has 1 unspecified atom stereocenters. The van der Waals surface area contributed by atoms with Gasteiger partial charge in [0.1, 0.15) is 5.76 Å². The van der Waals surface area contributed by atoms with Crippen molar-refractivity contribution in [1.82, 2.24) is 15.1 Å². The summed E-state index contributed by atoms with van der Waals surface area (Å²) < 4.78 is 6.51. The molecule has 5 nitrogen and oxygen atoms in total. The van der Waals surface area contributed by atoms with E-state index in [4.69, 9.17) is 4.42 Å². The van der Waals surface area contributed by atoms with Crippen LogP contribution in [0.1, 0.15) is 16.7 Å². The molecule has 7 heteroatoms.